The molecule has 0 spiro atoms. The van der Waals surface area contributed by atoms with E-state index in [1.165, 1.54) is 6.20 Å². The number of nitrogens with one attached hydrogen (secondary N) is 2. The lowest BCUT2D eigenvalue weighted by atomic mass is 9.96. The van der Waals surface area contributed by atoms with E-state index in [1.54, 1.807) is 52.1 Å². The molecule has 0 radical (unpaired) electrons. The van der Waals surface area contributed by atoms with Crippen LogP contribution in [-0.2, 0) is 4.79 Å². The van der Waals surface area contributed by atoms with Crippen LogP contribution in [0.25, 0.3) is 0 Å². The summed E-state index contributed by atoms with van der Waals surface area (Å²) in [7, 11) is 0. The van der Waals surface area contributed by atoms with Crippen LogP contribution in [0.3, 0.4) is 0 Å². The Kier molecular flexibility index (Phi) is 5.76. The molecule has 3 amide bonds. The summed E-state index contributed by atoms with van der Waals surface area (Å²) in [4.78, 5) is 36.4. The Labute approximate surface area is 168 Å². The molecule has 0 bridgehead atoms. The molecular formula is C20H23N5O4. The van der Waals surface area contributed by atoms with Gasteiger partial charge in [0.05, 0.1) is 12.4 Å². The van der Waals surface area contributed by atoms with Gasteiger partial charge in [0.1, 0.15) is 23.0 Å². The van der Waals surface area contributed by atoms with Gasteiger partial charge in [-0.2, -0.15) is 0 Å². The number of allylic oxidation sites excluding steroid dienone is 1. The quantitative estimate of drug-likeness (QED) is 0.818. The SMILES string of the molecule is Cc1ncc(C2=NCCC(Oc3ccc(NC(=O)NC(=O)C(C)(C)C)nc3)=C2)o1. The van der Waals surface area contributed by atoms with Gasteiger partial charge in [-0.1, -0.05) is 20.8 Å². The molecule has 2 aromatic heterocycles. The van der Waals surface area contributed by atoms with Crippen molar-refractivity contribution in [2.24, 2.45) is 10.4 Å². The van der Waals surface area contributed by atoms with Crippen molar-refractivity contribution in [1.29, 1.82) is 0 Å². The molecule has 2 aromatic rings. The standard InChI is InChI=1S/C20H23N5O4/c1-12-22-11-16(28-12)15-9-13(7-8-21-15)29-14-5-6-17(23-10-14)24-19(27)25-18(26)20(2,3)4/h5-6,9-11H,7-8H2,1-4H3,(H2,23,24,25,26,27). The minimum atomic E-state index is -0.664. The first-order chi connectivity index (χ1) is 13.7. The summed E-state index contributed by atoms with van der Waals surface area (Å²) in [5, 5.41) is 4.79. The van der Waals surface area contributed by atoms with Gasteiger partial charge >= 0.3 is 6.03 Å². The first-order valence-electron chi connectivity index (χ1n) is 9.15. The van der Waals surface area contributed by atoms with Gasteiger partial charge in [-0.05, 0) is 12.1 Å². The maximum absolute atomic E-state index is 11.9. The molecule has 0 atom stereocenters. The average Bonchev–Trinajstić information content (AvgIpc) is 3.09. The van der Waals surface area contributed by atoms with Crippen molar-refractivity contribution in [2.45, 2.75) is 34.1 Å². The zero-order chi connectivity index (χ0) is 21.0. The summed E-state index contributed by atoms with van der Waals surface area (Å²) in [6.07, 6.45) is 5.58. The van der Waals surface area contributed by atoms with Crippen LogP contribution >= 0.6 is 0 Å². The molecule has 0 unspecified atom stereocenters. The molecule has 0 saturated carbocycles. The maximum atomic E-state index is 11.9. The van der Waals surface area contributed by atoms with Crippen LogP contribution in [0, 0.1) is 12.3 Å². The molecule has 2 N–H and O–H groups in total. The number of anilines is 1. The molecule has 0 saturated heterocycles. The fourth-order valence-corrected chi connectivity index (χ4v) is 2.37. The lowest BCUT2D eigenvalue weighted by Gasteiger charge is -2.17. The van der Waals surface area contributed by atoms with Crippen molar-refractivity contribution in [3.05, 3.63) is 48.0 Å². The van der Waals surface area contributed by atoms with Crippen LogP contribution < -0.4 is 15.4 Å². The largest absolute Gasteiger partial charge is 0.460 e. The summed E-state index contributed by atoms with van der Waals surface area (Å²) >= 11 is 0. The number of amides is 3. The van der Waals surface area contributed by atoms with Crippen molar-refractivity contribution >= 4 is 23.5 Å². The number of dihydropyridines is 1. The number of oxazole rings is 1. The van der Waals surface area contributed by atoms with Gasteiger partial charge < -0.3 is 9.15 Å². The van der Waals surface area contributed by atoms with Crippen LogP contribution in [0.4, 0.5) is 10.6 Å². The highest BCUT2D eigenvalue weighted by molar-refractivity contribution is 6.07. The van der Waals surface area contributed by atoms with Crippen LogP contribution in [0.5, 0.6) is 5.75 Å². The fourth-order valence-electron chi connectivity index (χ4n) is 2.37. The Morgan fingerprint density at radius 2 is 1.97 bits per heavy atom. The Morgan fingerprint density at radius 3 is 2.59 bits per heavy atom. The Morgan fingerprint density at radius 1 is 1.17 bits per heavy atom. The molecule has 3 heterocycles. The number of rotatable bonds is 4. The lowest BCUT2D eigenvalue weighted by molar-refractivity contribution is -0.127. The second-order valence-corrected chi connectivity index (χ2v) is 7.51. The summed E-state index contributed by atoms with van der Waals surface area (Å²) in [6.45, 7) is 7.52. The second kappa shape index (κ2) is 8.26. The van der Waals surface area contributed by atoms with E-state index in [4.69, 9.17) is 9.15 Å². The number of aryl methyl sites for hydroxylation is 1. The number of ether oxygens (including phenoxy) is 1. The number of hydrogen-bond acceptors (Lipinski definition) is 7. The molecule has 9 nitrogen and oxygen atoms in total. The van der Waals surface area contributed by atoms with Crippen LogP contribution in [-0.4, -0.2) is 34.2 Å². The molecule has 152 valence electrons. The number of urea groups is 1. The number of carbonyl (C=O) groups is 2. The number of carbonyl (C=O) groups excluding carboxylic acids is 2. The lowest BCUT2D eigenvalue weighted by Crippen LogP contribution is -2.41. The van der Waals surface area contributed by atoms with Crippen molar-refractivity contribution in [3.8, 4) is 5.75 Å². The van der Waals surface area contributed by atoms with Gasteiger partial charge in [-0.25, -0.2) is 14.8 Å². The number of imide groups is 1. The topological polar surface area (TPSA) is 119 Å². The van der Waals surface area contributed by atoms with Crippen molar-refractivity contribution in [1.82, 2.24) is 15.3 Å². The fraction of sp³-hybridized carbons (Fsp3) is 0.350. The van der Waals surface area contributed by atoms with E-state index in [0.717, 1.165) is 5.76 Å². The predicted molar refractivity (Wildman–Crippen MR) is 107 cm³/mol. The molecule has 9 heteroatoms. The Hall–Kier alpha value is -3.49. The molecule has 0 aliphatic carbocycles. The summed E-state index contributed by atoms with van der Waals surface area (Å²) in [6, 6.07) is 2.64. The highest BCUT2D eigenvalue weighted by Crippen LogP contribution is 2.20. The number of nitrogens with zero attached hydrogens (tertiary/aromatic N) is 3. The van der Waals surface area contributed by atoms with Crippen LogP contribution in [0.15, 0.2) is 45.8 Å². The van der Waals surface area contributed by atoms with E-state index in [2.05, 4.69) is 25.6 Å². The number of aromatic nitrogens is 2. The minimum absolute atomic E-state index is 0.300. The van der Waals surface area contributed by atoms with Gasteiger partial charge in [-0.3, -0.25) is 20.4 Å². The van der Waals surface area contributed by atoms with E-state index in [1.807, 2.05) is 0 Å². The van der Waals surface area contributed by atoms with Gasteiger partial charge in [0.2, 0.25) is 5.91 Å². The van der Waals surface area contributed by atoms with Gasteiger partial charge in [0, 0.05) is 31.4 Å². The first-order valence-corrected chi connectivity index (χ1v) is 9.15. The average molecular weight is 397 g/mol. The molecule has 29 heavy (non-hydrogen) atoms. The Balaban J connectivity index is 1.59. The van der Waals surface area contributed by atoms with E-state index in [-0.39, 0.29) is 5.91 Å². The van der Waals surface area contributed by atoms with E-state index >= 15 is 0 Å². The molecule has 0 fully saturated rings. The summed E-state index contributed by atoms with van der Waals surface area (Å²) in [5.74, 6) is 2.33. The minimum Gasteiger partial charge on any atom is -0.460 e. The second-order valence-electron chi connectivity index (χ2n) is 7.51. The zero-order valence-corrected chi connectivity index (χ0v) is 16.8. The first kappa shape index (κ1) is 20.2. The normalized spacial score (nSPS) is 13.9. The smallest absolute Gasteiger partial charge is 0.327 e. The third-order valence-corrected chi connectivity index (χ3v) is 3.95. The Bertz CT molecular complexity index is 968. The predicted octanol–water partition coefficient (Wildman–Crippen LogP) is 3.23. The third-order valence-electron chi connectivity index (χ3n) is 3.95. The maximum Gasteiger partial charge on any atom is 0.327 e. The van der Waals surface area contributed by atoms with Gasteiger partial charge in [0.15, 0.2) is 11.7 Å². The van der Waals surface area contributed by atoms with Gasteiger partial charge in [-0.15, -0.1) is 0 Å². The highest BCUT2D eigenvalue weighted by atomic mass is 16.5. The summed E-state index contributed by atoms with van der Waals surface area (Å²) in [5.41, 5.74) is 0.0150. The van der Waals surface area contributed by atoms with E-state index < -0.39 is 11.4 Å². The monoisotopic (exact) mass is 397 g/mol. The van der Waals surface area contributed by atoms with Crippen molar-refractivity contribution in [3.63, 3.8) is 0 Å². The molecule has 0 aromatic carbocycles. The number of aliphatic imine (C=N–C) groups is 1. The zero-order valence-electron chi connectivity index (χ0n) is 16.8. The van der Waals surface area contributed by atoms with Crippen molar-refractivity contribution < 1.29 is 18.7 Å². The molecule has 1 aliphatic rings. The summed E-state index contributed by atoms with van der Waals surface area (Å²) < 4.78 is 11.4. The number of pyridine rings is 1. The van der Waals surface area contributed by atoms with Crippen LogP contribution in [0.1, 0.15) is 38.8 Å². The highest BCUT2D eigenvalue weighted by Gasteiger charge is 2.23. The molecule has 1 aliphatic heterocycles. The van der Waals surface area contributed by atoms with E-state index in [9.17, 15) is 9.59 Å². The third kappa shape index (κ3) is 5.50. The number of hydrogen-bond donors (Lipinski definition) is 2. The molecular weight excluding hydrogens is 374 g/mol. The van der Waals surface area contributed by atoms with Gasteiger partial charge in [0.25, 0.3) is 0 Å². The van der Waals surface area contributed by atoms with Crippen LogP contribution in [0.2, 0.25) is 0 Å². The van der Waals surface area contributed by atoms with Crippen molar-refractivity contribution in [2.75, 3.05) is 11.9 Å². The van der Waals surface area contributed by atoms with E-state index in [0.29, 0.717) is 41.9 Å². The molecule has 3 rings (SSSR count).